The van der Waals surface area contributed by atoms with Crippen molar-refractivity contribution in [3.05, 3.63) is 22.7 Å². The molecule has 0 atom stereocenters. The molecule has 0 aliphatic rings. The Morgan fingerprint density at radius 3 is 2.40 bits per heavy atom. The molecule has 0 aromatic heterocycles. The number of ether oxygens (including phenoxy) is 1. The van der Waals surface area contributed by atoms with Gasteiger partial charge in [0.25, 0.3) is 0 Å². The summed E-state index contributed by atoms with van der Waals surface area (Å²) in [6.07, 6.45) is -4.74. The van der Waals surface area contributed by atoms with E-state index in [4.69, 9.17) is 17.3 Å². The zero-order chi connectivity index (χ0) is 11.6. The van der Waals surface area contributed by atoms with Gasteiger partial charge in [0, 0.05) is 22.6 Å². The number of rotatable bonds is 2. The Morgan fingerprint density at radius 1 is 1.40 bits per heavy atom. The van der Waals surface area contributed by atoms with Crippen molar-refractivity contribution < 1.29 is 17.9 Å². The Morgan fingerprint density at radius 2 is 2.00 bits per heavy atom. The van der Waals surface area contributed by atoms with Crippen molar-refractivity contribution >= 4 is 33.2 Å². The molecule has 0 saturated carbocycles. The summed E-state index contributed by atoms with van der Waals surface area (Å²) in [5.41, 5.74) is 6.17. The van der Waals surface area contributed by atoms with Crippen molar-refractivity contribution in [3.8, 4) is 5.75 Å². The molecular weight excluding hydrogens is 298 g/mol. The molecule has 0 aliphatic carbocycles. The monoisotopic (exact) mass is 303 g/mol. The maximum atomic E-state index is 11.9. The summed E-state index contributed by atoms with van der Waals surface area (Å²) in [7, 11) is 0. The van der Waals surface area contributed by atoms with Crippen molar-refractivity contribution in [2.24, 2.45) is 0 Å². The van der Waals surface area contributed by atoms with E-state index in [1.165, 1.54) is 0 Å². The zero-order valence-electron chi connectivity index (χ0n) is 7.24. The standard InChI is InChI=1S/C8H6BrClF3NO/c9-3-5-6(10)1-4(2-7(5)14)15-8(11,12)13/h1-2H,3,14H2. The normalized spacial score (nSPS) is 11.5. The summed E-state index contributed by atoms with van der Waals surface area (Å²) < 4.78 is 39.3. The maximum absolute atomic E-state index is 11.9. The van der Waals surface area contributed by atoms with Crippen LogP contribution >= 0.6 is 27.5 Å². The molecule has 0 aliphatic heterocycles. The van der Waals surface area contributed by atoms with Crippen LogP contribution in [-0.2, 0) is 5.33 Å². The van der Waals surface area contributed by atoms with Gasteiger partial charge >= 0.3 is 6.36 Å². The fraction of sp³-hybridized carbons (Fsp3) is 0.250. The molecule has 0 radical (unpaired) electrons. The van der Waals surface area contributed by atoms with E-state index in [0.717, 1.165) is 12.1 Å². The van der Waals surface area contributed by atoms with Crippen LogP contribution < -0.4 is 10.5 Å². The molecule has 0 saturated heterocycles. The number of anilines is 1. The molecule has 0 unspecified atom stereocenters. The first-order valence-corrected chi connectivity index (χ1v) is 5.23. The Labute approximate surface area is 97.3 Å². The third kappa shape index (κ3) is 3.46. The van der Waals surface area contributed by atoms with Crippen LogP contribution in [0.1, 0.15) is 5.56 Å². The summed E-state index contributed by atoms with van der Waals surface area (Å²) in [4.78, 5) is 0. The molecule has 1 rings (SSSR count). The Hall–Kier alpha value is -0.620. The van der Waals surface area contributed by atoms with Crippen LogP contribution in [0.5, 0.6) is 5.75 Å². The molecule has 2 nitrogen and oxygen atoms in total. The van der Waals surface area contributed by atoms with Crippen molar-refractivity contribution in [1.82, 2.24) is 0 Å². The lowest BCUT2D eigenvalue weighted by Crippen LogP contribution is -2.17. The summed E-state index contributed by atoms with van der Waals surface area (Å²) in [5.74, 6) is -0.422. The van der Waals surface area contributed by atoms with Crippen LogP contribution in [-0.4, -0.2) is 6.36 Å². The molecule has 0 heterocycles. The van der Waals surface area contributed by atoms with Crippen molar-refractivity contribution in [3.63, 3.8) is 0 Å². The van der Waals surface area contributed by atoms with E-state index in [-0.39, 0.29) is 10.7 Å². The third-order valence-corrected chi connectivity index (χ3v) is 2.47. The molecule has 84 valence electrons. The Bertz CT molecular complexity index is 346. The molecule has 7 heteroatoms. The van der Waals surface area contributed by atoms with E-state index in [1.807, 2.05) is 0 Å². The van der Waals surface area contributed by atoms with Gasteiger partial charge in [0.2, 0.25) is 0 Å². The van der Waals surface area contributed by atoms with Gasteiger partial charge in [0.05, 0.1) is 5.02 Å². The second-order valence-electron chi connectivity index (χ2n) is 2.65. The number of alkyl halides is 4. The summed E-state index contributed by atoms with van der Waals surface area (Å²) >= 11 is 8.82. The predicted molar refractivity (Wildman–Crippen MR) is 55.2 cm³/mol. The smallest absolute Gasteiger partial charge is 0.406 e. The quantitative estimate of drug-likeness (QED) is 0.667. The van der Waals surface area contributed by atoms with E-state index in [1.54, 1.807) is 0 Å². The second-order valence-corrected chi connectivity index (χ2v) is 3.62. The minimum atomic E-state index is -4.74. The first-order chi connectivity index (χ1) is 6.83. The summed E-state index contributed by atoms with van der Waals surface area (Å²) in [5, 5.41) is 0.496. The van der Waals surface area contributed by atoms with Gasteiger partial charge in [-0.25, -0.2) is 0 Å². The van der Waals surface area contributed by atoms with E-state index in [0.29, 0.717) is 10.9 Å². The molecule has 2 N–H and O–H groups in total. The number of hydrogen-bond donors (Lipinski definition) is 1. The molecule has 0 bridgehead atoms. The highest BCUT2D eigenvalue weighted by atomic mass is 79.9. The first-order valence-electron chi connectivity index (χ1n) is 3.73. The number of hydrogen-bond acceptors (Lipinski definition) is 2. The molecule has 0 spiro atoms. The number of halogens is 5. The lowest BCUT2D eigenvalue weighted by Gasteiger charge is -2.12. The van der Waals surface area contributed by atoms with Crippen LogP contribution in [0, 0.1) is 0 Å². The average Bonchev–Trinajstić information content (AvgIpc) is 1.99. The van der Waals surface area contributed by atoms with Gasteiger partial charge in [-0.05, 0) is 6.07 Å². The van der Waals surface area contributed by atoms with Crippen LogP contribution in [0.4, 0.5) is 18.9 Å². The Balaban J connectivity index is 3.04. The van der Waals surface area contributed by atoms with Gasteiger partial charge < -0.3 is 10.5 Å². The molecule has 1 aromatic rings. The molecule has 0 amide bonds. The van der Waals surface area contributed by atoms with Crippen molar-refractivity contribution in [1.29, 1.82) is 0 Å². The van der Waals surface area contributed by atoms with Gasteiger partial charge in [-0.3, -0.25) is 0 Å². The van der Waals surface area contributed by atoms with Crippen LogP contribution in [0.15, 0.2) is 12.1 Å². The highest BCUT2D eigenvalue weighted by Gasteiger charge is 2.31. The largest absolute Gasteiger partial charge is 0.573 e. The maximum Gasteiger partial charge on any atom is 0.573 e. The fourth-order valence-electron chi connectivity index (χ4n) is 0.965. The third-order valence-electron chi connectivity index (χ3n) is 1.57. The SMILES string of the molecule is Nc1cc(OC(F)(F)F)cc(Cl)c1CBr. The number of nitrogens with two attached hydrogens (primary N) is 1. The van der Waals surface area contributed by atoms with E-state index < -0.39 is 12.1 Å². The number of benzene rings is 1. The molecule has 1 aromatic carbocycles. The van der Waals surface area contributed by atoms with Gasteiger partial charge in [-0.15, -0.1) is 13.2 Å². The van der Waals surface area contributed by atoms with Gasteiger partial charge in [0.1, 0.15) is 5.75 Å². The minimum Gasteiger partial charge on any atom is -0.406 e. The molecular formula is C8H6BrClF3NO. The van der Waals surface area contributed by atoms with Crippen LogP contribution in [0.3, 0.4) is 0 Å². The topological polar surface area (TPSA) is 35.2 Å². The van der Waals surface area contributed by atoms with E-state index in [9.17, 15) is 13.2 Å². The highest BCUT2D eigenvalue weighted by Crippen LogP contribution is 2.32. The minimum absolute atomic E-state index is 0.131. The van der Waals surface area contributed by atoms with Crippen molar-refractivity contribution in [2.45, 2.75) is 11.7 Å². The second kappa shape index (κ2) is 4.49. The summed E-state index contributed by atoms with van der Waals surface area (Å²) in [6.45, 7) is 0. The molecule has 15 heavy (non-hydrogen) atoms. The lowest BCUT2D eigenvalue weighted by molar-refractivity contribution is -0.274. The predicted octanol–water partition coefficient (Wildman–Crippen LogP) is 3.72. The van der Waals surface area contributed by atoms with Crippen molar-refractivity contribution in [2.75, 3.05) is 5.73 Å². The summed E-state index contributed by atoms with van der Waals surface area (Å²) in [6, 6.07) is 2.15. The van der Waals surface area contributed by atoms with Gasteiger partial charge in [-0.2, -0.15) is 0 Å². The molecule has 0 fully saturated rings. The van der Waals surface area contributed by atoms with E-state index >= 15 is 0 Å². The highest BCUT2D eigenvalue weighted by molar-refractivity contribution is 9.08. The Kier molecular flexibility index (Phi) is 3.72. The van der Waals surface area contributed by atoms with Crippen LogP contribution in [0.25, 0.3) is 0 Å². The first kappa shape index (κ1) is 12.4. The number of nitrogen functional groups attached to an aromatic ring is 1. The van der Waals surface area contributed by atoms with Gasteiger partial charge in [-0.1, -0.05) is 27.5 Å². The van der Waals surface area contributed by atoms with E-state index in [2.05, 4.69) is 20.7 Å². The zero-order valence-corrected chi connectivity index (χ0v) is 9.58. The average molecular weight is 304 g/mol. The van der Waals surface area contributed by atoms with Gasteiger partial charge in [0.15, 0.2) is 0 Å². The lowest BCUT2D eigenvalue weighted by atomic mass is 10.2. The fourth-order valence-corrected chi connectivity index (χ4v) is 2.04. The van der Waals surface area contributed by atoms with Crippen LogP contribution in [0.2, 0.25) is 5.02 Å².